The van der Waals surface area contributed by atoms with Crippen molar-refractivity contribution in [2.24, 2.45) is 0 Å². The molecule has 0 amide bonds. The molecule has 6 heteroatoms. The number of unbranched alkanes of at least 4 members (excludes halogenated alkanes) is 36. The lowest BCUT2D eigenvalue weighted by Crippen LogP contribution is -2.30. The largest absolute Gasteiger partial charge is 0.462 e. The molecular weight excluding hydrogens is 925 g/mol. The summed E-state index contributed by atoms with van der Waals surface area (Å²) in [4.78, 5) is 38.3. The molecule has 0 aromatic heterocycles. The minimum atomic E-state index is -0.784. The van der Waals surface area contributed by atoms with Gasteiger partial charge in [-0.15, -0.1) is 0 Å². The smallest absolute Gasteiger partial charge is 0.306 e. The maximum Gasteiger partial charge on any atom is 0.306 e. The van der Waals surface area contributed by atoms with Crippen LogP contribution < -0.4 is 0 Å². The second-order valence-corrected chi connectivity index (χ2v) is 21.7. The zero-order chi connectivity index (χ0) is 54.3. The molecule has 0 saturated heterocycles. The topological polar surface area (TPSA) is 78.9 Å². The van der Waals surface area contributed by atoms with E-state index in [9.17, 15) is 14.4 Å². The van der Waals surface area contributed by atoms with E-state index in [0.717, 1.165) is 109 Å². The van der Waals surface area contributed by atoms with Crippen LogP contribution in [0.3, 0.4) is 0 Å². The third-order valence-corrected chi connectivity index (χ3v) is 14.2. The fraction of sp³-hybridized carbons (Fsp3) is 0.783. The zero-order valence-corrected chi connectivity index (χ0v) is 49.8. The van der Waals surface area contributed by atoms with E-state index in [0.29, 0.717) is 19.3 Å². The predicted molar refractivity (Wildman–Crippen MR) is 325 cm³/mol. The lowest BCUT2D eigenvalue weighted by Gasteiger charge is -2.18. The van der Waals surface area contributed by atoms with Gasteiger partial charge >= 0.3 is 17.9 Å². The van der Waals surface area contributed by atoms with Crippen LogP contribution in [0.25, 0.3) is 0 Å². The molecule has 1 atom stereocenters. The number of esters is 3. The maximum atomic E-state index is 12.9. The van der Waals surface area contributed by atoms with Crippen molar-refractivity contribution in [2.75, 3.05) is 13.2 Å². The molecule has 0 aromatic rings. The minimum absolute atomic E-state index is 0.0789. The highest BCUT2D eigenvalue weighted by molar-refractivity contribution is 5.71. The van der Waals surface area contributed by atoms with Crippen molar-refractivity contribution in [2.45, 2.75) is 335 Å². The van der Waals surface area contributed by atoms with E-state index in [4.69, 9.17) is 14.2 Å². The van der Waals surface area contributed by atoms with Crippen LogP contribution >= 0.6 is 0 Å². The lowest BCUT2D eigenvalue weighted by molar-refractivity contribution is -0.167. The molecule has 0 radical (unpaired) electrons. The summed E-state index contributed by atoms with van der Waals surface area (Å²) in [6.45, 7) is 6.56. The first-order chi connectivity index (χ1) is 37.0. The molecule has 0 aromatic carbocycles. The van der Waals surface area contributed by atoms with Gasteiger partial charge in [-0.05, 0) is 70.6 Å². The molecule has 0 spiro atoms. The Hall–Kier alpha value is -3.15. The molecule has 1 unspecified atom stereocenters. The fourth-order valence-corrected chi connectivity index (χ4v) is 9.39. The molecule has 6 nitrogen and oxygen atoms in total. The quantitative estimate of drug-likeness (QED) is 0.0261. The number of hydrogen-bond donors (Lipinski definition) is 0. The van der Waals surface area contributed by atoms with Crippen molar-refractivity contribution in [3.05, 3.63) is 72.9 Å². The first-order valence-corrected chi connectivity index (χ1v) is 32.4. The van der Waals surface area contributed by atoms with Crippen LogP contribution in [0.15, 0.2) is 72.9 Å². The Bertz CT molecular complexity index is 1390. The number of ether oxygens (including phenoxy) is 3. The monoisotopic (exact) mass is 1050 g/mol. The second kappa shape index (κ2) is 63.4. The third-order valence-electron chi connectivity index (χ3n) is 14.2. The van der Waals surface area contributed by atoms with Crippen LogP contribution in [0, 0.1) is 0 Å². The van der Waals surface area contributed by atoms with Gasteiger partial charge in [-0.3, -0.25) is 14.4 Å². The summed E-state index contributed by atoms with van der Waals surface area (Å²) in [6.07, 6.45) is 81.9. The molecule has 0 heterocycles. The van der Waals surface area contributed by atoms with Crippen molar-refractivity contribution in [3.63, 3.8) is 0 Å². The van der Waals surface area contributed by atoms with Gasteiger partial charge in [0.25, 0.3) is 0 Å². The Morgan fingerprint density at radius 2 is 0.520 bits per heavy atom. The second-order valence-electron chi connectivity index (χ2n) is 21.7. The van der Waals surface area contributed by atoms with Crippen molar-refractivity contribution < 1.29 is 28.6 Å². The van der Waals surface area contributed by atoms with Crippen molar-refractivity contribution in [1.82, 2.24) is 0 Å². The Balaban J connectivity index is 4.39. The van der Waals surface area contributed by atoms with Crippen LogP contribution in [0.5, 0.6) is 0 Å². The zero-order valence-electron chi connectivity index (χ0n) is 49.8. The summed E-state index contributed by atoms with van der Waals surface area (Å²) in [5.41, 5.74) is 0. The van der Waals surface area contributed by atoms with Crippen LogP contribution in [-0.4, -0.2) is 37.2 Å². The lowest BCUT2D eigenvalue weighted by atomic mass is 10.0. The van der Waals surface area contributed by atoms with Gasteiger partial charge in [0, 0.05) is 19.3 Å². The Kier molecular flexibility index (Phi) is 60.7. The molecule has 0 N–H and O–H groups in total. The average Bonchev–Trinajstić information content (AvgIpc) is 3.41. The van der Waals surface area contributed by atoms with E-state index >= 15 is 0 Å². The minimum Gasteiger partial charge on any atom is -0.462 e. The Morgan fingerprint density at radius 3 is 0.813 bits per heavy atom. The predicted octanol–water partition coefficient (Wildman–Crippen LogP) is 22.1. The molecule has 0 rings (SSSR count). The van der Waals surface area contributed by atoms with Crippen LogP contribution in [-0.2, 0) is 28.6 Å². The summed E-state index contributed by atoms with van der Waals surface area (Å²) in [5, 5.41) is 0. The van der Waals surface area contributed by atoms with E-state index in [-0.39, 0.29) is 31.1 Å². The Morgan fingerprint density at radius 1 is 0.280 bits per heavy atom. The molecule has 0 aliphatic carbocycles. The Labute approximate surface area is 465 Å². The molecule has 75 heavy (non-hydrogen) atoms. The number of allylic oxidation sites excluding steroid dienone is 12. The SMILES string of the molecule is CC/C=C\C/C=C\C/C=C\C/C=C\C/C=C\C/C=C\CCCCCCC(=O)OCC(COC(=O)CCCCCCCCCCCCCCCCCCC)OC(=O)CCCCCCCCCCCCCCCCCCC. The van der Waals surface area contributed by atoms with Gasteiger partial charge < -0.3 is 14.2 Å². The molecule has 0 fully saturated rings. The standard InChI is InChI=1S/C69H122O6/c1-4-7-10-13-16-19-22-25-28-31-32-33-34-35-36-39-41-44-47-50-53-56-59-62-68(71)74-65-66(75-69(72)63-60-57-54-51-48-45-42-38-30-27-24-21-18-15-12-9-6-3)64-73-67(70)61-58-55-52-49-46-43-40-37-29-26-23-20-17-14-11-8-5-2/h7,10,16,19,25,28,32-33,35-36,41,44,66H,4-6,8-9,11-15,17-18,20-24,26-27,29-31,34,37-40,42-43,45-65H2,1-3H3/b10-7-,19-16-,28-25-,33-32-,36-35-,44-41-. The average molecular weight is 1050 g/mol. The van der Waals surface area contributed by atoms with Crippen LogP contribution in [0.1, 0.15) is 329 Å². The number of rotatable bonds is 59. The van der Waals surface area contributed by atoms with Crippen molar-refractivity contribution >= 4 is 17.9 Å². The molecular formula is C69H122O6. The van der Waals surface area contributed by atoms with E-state index in [1.807, 2.05) is 0 Å². The highest BCUT2D eigenvalue weighted by Crippen LogP contribution is 2.17. The van der Waals surface area contributed by atoms with Gasteiger partial charge in [-0.1, -0.05) is 312 Å². The number of carbonyl (C=O) groups excluding carboxylic acids is 3. The van der Waals surface area contributed by atoms with Crippen LogP contribution in [0.2, 0.25) is 0 Å². The van der Waals surface area contributed by atoms with E-state index < -0.39 is 6.10 Å². The van der Waals surface area contributed by atoms with Gasteiger partial charge in [0.05, 0.1) is 0 Å². The molecule has 434 valence electrons. The molecule has 0 bridgehead atoms. The molecule has 0 aliphatic heterocycles. The van der Waals surface area contributed by atoms with E-state index in [1.165, 1.54) is 180 Å². The van der Waals surface area contributed by atoms with E-state index in [1.54, 1.807) is 0 Å². The van der Waals surface area contributed by atoms with E-state index in [2.05, 4.69) is 93.7 Å². The molecule has 0 saturated carbocycles. The van der Waals surface area contributed by atoms with Gasteiger partial charge in [0.15, 0.2) is 6.10 Å². The highest BCUT2D eigenvalue weighted by atomic mass is 16.6. The normalized spacial score (nSPS) is 12.5. The summed E-state index contributed by atoms with van der Waals surface area (Å²) in [7, 11) is 0. The summed E-state index contributed by atoms with van der Waals surface area (Å²) in [5.74, 6) is -0.885. The first kappa shape index (κ1) is 71.8. The van der Waals surface area contributed by atoms with Crippen molar-refractivity contribution in [3.8, 4) is 0 Å². The van der Waals surface area contributed by atoms with Crippen LogP contribution in [0.4, 0.5) is 0 Å². The van der Waals surface area contributed by atoms with Gasteiger partial charge in [0.2, 0.25) is 0 Å². The third kappa shape index (κ3) is 61.6. The van der Waals surface area contributed by atoms with Gasteiger partial charge in [0.1, 0.15) is 13.2 Å². The number of hydrogen-bond acceptors (Lipinski definition) is 6. The summed E-state index contributed by atoms with van der Waals surface area (Å²) < 4.78 is 16.9. The molecule has 0 aliphatic rings. The number of carbonyl (C=O) groups is 3. The maximum absolute atomic E-state index is 12.9. The fourth-order valence-electron chi connectivity index (χ4n) is 9.39. The first-order valence-electron chi connectivity index (χ1n) is 32.4. The highest BCUT2D eigenvalue weighted by Gasteiger charge is 2.19. The summed E-state index contributed by atoms with van der Waals surface area (Å²) in [6, 6.07) is 0. The van der Waals surface area contributed by atoms with Gasteiger partial charge in [-0.25, -0.2) is 0 Å². The summed E-state index contributed by atoms with van der Waals surface area (Å²) >= 11 is 0. The van der Waals surface area contributed by atoms with Gasteiger partial charge in [-0.2, -0.15) is 0 Å². The van der Waals surface area contributed by atoms with Crippen molar-refractivity contribution in [1.29, 1.82) is 0 Å².